The molecule has 0 atom stereocenters. The van der Waals surface area contributed by atoms with E-state index in [1.54, 1.807) is 0 Å². The molecule has 0 bridgehead atoms. The van der Waals surface area contributed by atoms with Crippen LogP contribution < -0.4 is 0 Å². The summed E-state index contributed by atoms with van der Waals surface area (Å²) in [4.78, 5) is 0. The summed E-state index contributed by atoms with van der Waals surface area (Å²) < 4.78 is 0. The molecule has 48 valence electrons. The van der Waals surface area contributed by atoms with E-state index >= 15 is 0 Å². The molecule has 2 heteroatoms. The maximum absolute atomic E-state index is 3.68. The second kappa shape index (κ2) is 25.0. The van der Waals surface area contributed by atoms with Crippen molar-refractivity contribution in [1.82, 2.24) is 0 Å². The molecule has 0 radical (unpaired) electrons. The Morgan fingerprint density at radius 2 is 1.88 bits per heavy atom. The molecule has 0 N–H and O–H groups in total. The summed E-state index contributed by atoms with van der Waals surface area (Å²) in [6.07, 6.45) is 3.65. The number of hydrogen-bond donors (Lipinski definition) is 0. The number of rotatable bonds is 2. The van der Waals surface area contributed by atoms with Crippen LogP contribution in [0, 0.1) is 6.92 Å². The summed E-state index contributed by atoms with van der Waals surface area (Å²) in [5.74, 6) is 0. The van der Waals surface area contributed by atoms with Gasteiger partial charge in [0, 0.05) is 0 Å². The Morgan fingerprint density at radius 1 is 1.50 bits per heavy atom. The van der Waals surface area contributed by atoms with Crippen LogP contribution in [-0.2, 0) is 17.9 Å². The first-order chi connectivity index (χ1) is 3.41. The SMILES string of the molecule is Cl.[CH2-]CCCC.[CH2]=[Zn]. The second-order valence-corrected chi connectivity index (χ2v) is 1.21. The number of hydrogen-bond acceptors (Lipinski definition) is 0. The Hall–Kier alpha value is 0.783. The average Bonchev–Trinajstić information content (AvgIpc) is 1.75. The van der Waals surface area contributed by atoms with Crippen LogP contribution in [0.4, 0.5) is 0 Å². The molecule has 0 aromatic heterocycles. The van der Waals surface area contributed by atoms with Crippen LogP contribution in [-0.4, -0.2) is 5.11 Å². The Labute approximate surface area is 68.7 Å². The first-order valence-corrected chi connectivity index (χ1v) is 4.81. The first-order valence-electron chi connectivity index (χ1n) is 2.71. The van der Waals surface area contributed by atoms with Gasteiger partial charge in [0.05, 0.1) is 0 Å². The molecule has 0 unspecified atom stereocenters. The molecule has 0 spiro atoms. The first kappa shape index (κ1) is 15.9. The third-order valence-corrected chi connectivity index (χ3v) is 0.604. The minimum absolute atomic E-state index is 0. The van der Waals surface area contributed by atoms with Gasteiger partial charge in [-0.3, -0.25) is 0 Å². The van der Waals surface area contributed by atoms with Crippen LogP contribution in [0.1, 0.15) is 26.2 Å². The van der Waals surface area contributed by atoms with E-state index in [0.29, 0.717) is 0 Å². The molecule has 0 saturated carbocycles. The van der Waals surface area contributed by atoms with Crippen molar-refractivity contribution in [3.8, 4) is 0 Å². The van der Waals surface area contributed by atoms with E-state index in [0.717, 1.165) is 24.3 Å². The molecule has 0 heterocycles. The van der Waals surface area contributed by atoms with Gasteiger partial charge >= 0.3 is 23.0 Å². The van der Waals surface area contributed by atoms with Crippen molar-refractivity contribution in [2.45, 2.75) is 26.2 Å². The van der Waals surface area contributed by atoms with Crippen LogP contribution in [0.2, 0.25) is 0 Å². The predicted molar refractivity (Wildman–Crippen MR) is 39.3 cm³/mol. The molecule has 0 nitrogen and oxygen atoms in total. The maximum atomic E-state index is 3.68. The molecule has 0 saturated heterocycles. The fourth-order valence-corrected chi connectivity index (χ4v) is 0.250. The van der Waals surface area contributed by atoms with Gasteiger partial charge in [0.1, 0.15) is 0 Å². The van der Waals surface area contributed by atoms with Gasteiger partial charge < -0.3 is 6.92 Å². The third kappa shape index (κ3) is 29.3. The van der Waals surface area contributed by atoms with E-state index in [1.807, 2.05) is 0 Å². The zero-order valence-electron chi connectivity index (χ0n) is 5.65. The Kier molecular flexibility index (Phi) is 49.8. The molecular formula is C6H14ClZn-. The standard InChI is InChI=1S/C5H11.CH2.ClH.Zn/c1-3-5-4-2;;;/h1,3-5H2,2H3;1H2;1H;/q-1;;;. The van der Waals surface area contributed by atoms with Gasteiger partial charge in [-0.05, 0) is 0 Å². The fourth-order valence-electron chi connectivity index (χ4n) is 0.250. The molecule has 0 amide bonds. The van der Waals surface area contributed by atoms with Crippen molar-refractivity contribution in [2.75, 3.05) is 0 Å². The van der Waals surface area contributed by atoms with E-state index in [4.69, 9.17) is 0 Å². The van der Waals surface area contributed by atoms with E-state index in [1.165, 1.54) is 12.8 Å². The van der Waals surface area contributed by atoms with Crippen LogP contribution in [0.15, 0.2) is 0 Å². The van der Waals surface area contributed by atoms with Crippen molar-refractivity contribution in [2.24, 2.45) is 0 Å². The summed E-state index contributed by atoms with van der Waals surface area (Å²) in [5.41, 5.74) is 0. The van der Waals surface area contributed by atoms with Crippen LogP contribution in [0.5, 0.6) is 0 Å². The summed E-state index contributed by atoms with van der Waals surface area (Å²) in [6.45, 7) is 5.85. The van der Waals surface area contributed by atoms with E-state index in [2.05, 4.69) is 19.0 Å². The van der Waals surface area contributed by atoms with Crippen LogP contribution in [0.25, 0.3) is 0 Å². The molecule has 0 fully saturated rings. The quantitative estimate of drug-likeness (QED) is 0.459. The summed E-state index contributed by atoms with van der Waals surface area (Å²) in [5, 5.41) is 3.38. The summed E-state index contributed by atoms with van der Waals surface area (Å²) in [7, 11) is 0. The Balaban J connectivity index is -0.0000000750. The van der Waals surface area contributed by atoms with E-state index in [-0.39, 0.29) is 12.4 Å². The molecule has 0 aromatic rings. The third-order valence-electron chi connectivity index (χ3n) is 0.604. The van der Waals surface area contributed by atoms with Crippen molar-refractivity contribution < 1.29 is 17.9 Å². The van der Waals surface area contributed by atoms with Crippen molar-refractivity contribution in [3.63, 3.8) is 0 Å². The van der Waals surface area contributed by atoms with Crippen LogP contribution in [0.3, 0.4) is 0 Å². The Bertz CT molecular complexity index is 22.5. The van der Waals surface area contributed by atoms with Crippen molar-refractivity contribution in [3.05, 3.63) is 6.92 Å². The normalized spacial score (nSPS) is 6.00. The van der Waals surface area contributed by atoms with E-state index < -0.39 is 0 Å². The molecule has 0 aromatic carbocycles. The predicted octanol–water partition coefficient (Wildman–Crippen LogP) is 2.40. The fraction of sp³-hybridized carbons (Fsp3) is 0.667. The number of halogens is 1. The molecule has 0 rings (SSSR count). The van der Waals surface area contributed by atoms with Gasteiger partial charge in [0.2, 0.25) is 0 Å². The van der Waals surface area contributed by atoms with Crippen molar-refractivity contribution in [1.29, 1.82) is 0 Å². The summed E-state index contributed by atoms with van der Waals surface area (Å²) >= 11 is 1.12. The molecule has 8 heavy (non-hydrogen) atoms. The van der Waals surface area contributed by atoms with Crippen LogP contribution >= 0.6 is 12.4 Å². The Morgan fingerprint density at radius 3 is 1.88 bits per heavy atom. The molecule has 0 aliphatic carbocycles. The van der Waals surface area contributed by atoms with Gasteiger partial charge in [-0.1, -0.05) is 19.8 Å². The monoisotopic (exact) mass is 185 g/mol. The topological polar surface area (TPSA) is 0 Å². The molecule has 0 aliphatic heterocycles. The van der Waals surface area contributed by atoms with Gasteiger partial charge in [0.25, 0.3) is 0 Å². The van der Waals surface area contributed by atoms with Gasteiger partial charge in [-0.15, -0.1) is 12.4 Å². The zero-order chi connectivity index (χ0) is 6.12. The van der Waals surface area contributed by atoms with E-state index in [9.17, 15) is 0 Å². The van der Waals surface area contributed by atoms with Gasteiger partial charge in [-0.2, -0.15) is 6.42 Å². The molecular weight excluding hydrogens is 173 g/mol. The summed E-state index contributed by atoms with van der Waals surface area (Å²) in [6, 6.07) is 0. The molecule has 0 aliphatic rings. The second-order valence-electron chi connectivity index (χ2n) is 1.21. The number of unbranched alkanes of at least 4 members (excludes halogenated alkanes) is 2. The van der Waals surface area contributed by atoms with Gasteiger partial charge in [0.15, 0.2) is 0 Å². The van der Waals surface area contributed by atoms with Gasteiger partial charge in [-0.25, -0.2) is 0 Å². The van der Waals surface area contributed by atoms with Crippen molar-refractivity contribution >= 4 is 17.5 Å². The zero-order valence-corrected chi connectivity index (χ0v) is 9.43. The minimum atomic E-state index is 0. The average molecular weight is 187 g/mol.